The number of aromatic nitrogens is 2. The van der Waals surface area contributed by atoms with Crippen LogP contribution in [0.1, 0.15) is 0 Å². The summed E-state index contributed by atoms with van der Waals surface area (Å²) in [4.78, 5) is 20.3. The average molecular weight is 377 g/mol. The van der Waals surface area contributed by atoms with Crippen molar-refractivity contribution in [2.45, 2.75) is 0 Å². The molecule has 0 radical (unpaired) electrons. The third-order valence-corrected chi connectivity index (χ3v) is 1.53. The second kappa shape index (κ2) is 4.24. The van der Waals surface area contributed by atoms with E-state index >= 15 is 0 Å². The Labute approximate surface area is 88.4 Å². The van der Waals surface area contributed by atoms with Crippen molar-refractivity contribution >= 4 is 13.8 Å². The molecule has 0 saturated heterocycles. The van der Waals surface area contributed by atoms with E-state index in [0.717, 1.165) is 0 Å². The van der Waals surface area contributed by atoms with Crippen LogP contribution in [0.2, 0.25) is 0 Å². The third kappa shape index (κ3) is 3.91. The fourth-order valence-corrected chi connectivity index (χ4v) is 0.950. The second-order valence-electron chi connectivity index (χ2n) is 2.13. The second-order valence-corrected chi connectivity index (χ2v) is 3.29. The first-order chi connectivity index (χ1) is 5.38. The SMILES string of the molecule is Cn1cc(OP(=O)(O)O)nc1N.[W]. The van der Waals surface area contributed by atoms with Crippen molar-refractivity contribution < 1.29 is 39.9 Å². The summed E-state index contributed by atoms with van der Waals surface area (Å²) in [6.45, 7) is 0. The molecule has 1 heterocycles. The van der Waals surface area contributed by atoms with Gasteiger partial charge in [0.05, 0.1) is 6.20 Å². The van der Waals surface area contributed by atoms with E-state index in [4.69, 9.17) is 15.5 Å². The van der Waals surface area contributed by atoms with Crippen molar-refractivity contribution in [1.29, 1.82) is 0 Å². The Morgan fingerprint density at radius 3 is 2.54 bits per heavy atom. The van der Waals surface area contributed by atoms with Crippen LogP contribution in [0, 0.1) is 0 Å². The van der Waals surface area contributed by atoms with Crippen LogP contribution in [0.25, 0.3) is 0 Å². The minimum absolute atomic E-state index is 0. The summed E-state index contributed by atoms with van der Waals surface area (Å²) in [5.74, 6) is -0.0678. The maximum Gasteiger partial charge on any atom is 0.526 e. The predicted octanol–water partition coefficient (Wildman–Crippen LogP) is -0.529. The minimum atomic E-state index is -4.53. The summed E-state index contributed by atoms with van der Waals surface area (Å²) in [6.07, 6.45) is 1.27. The summed E-state index contributed by atoms with van der Waals surface area (Å²) in [7, 11) is -2.95. The molecule has 0 aliphatic heterocycles. The molecule has 0 bridgehead atoms. The predicted molar refractivity (Wildman–Crippen MR) is 40.3 cm³/mol. The molecule has 0 unspecified atom stereocenters. The van der Waals surface area contributed by atoms with E-state index < -0.39 is 7.82 Å². The van der Waals surface area contributed by atoms with Crippen LogP contribution in [-0.2, 0) is 32.7 Å². The van der Waals surface area contributed by atoms with E-state index in [-0.39, 0.29) is 32.9 Å². The Bertz CT molecular complexity index is 315. The Kier molecular flexibility index (Phi) is 4.13. The minimum Gasteiger partial charge on any atom is -0.384 e. The van der Waals surface area contributed by atoms with Gasteiger partial charge in [0, 0.05) is 28.1 Å². The molecule has 0 saturated carbocycles. The number of hydrogen-bond donors (Lipinski definition) is 3. The van der Waals surface area contributed by atoms with Crippen molar-refractivity contribution in [2.24, 2.45) is 7.05 Å². The number of nitrogen functional groups attached to an aromatic ring is 1. The number of anilines is 1. The molecule has 7 nitrogen and oxygen atoms in total. The molecule has 0 aromatic carbocycles. The van der Waals surface area contributed by atoms with Gasteiger partial charge < -0.3 is 14.8 Å². The van der Waals surface area contributed by atoms with Gasteiger partial charge >= 0.3 is 7.82 Å². The number of phosphoric ester groups is 1. The normalized spacial score (nSPS) is 10.7. The molecule has 9 heteroatoms. The number of phosphoric acid groups is 1. The van der Waals surface area contributed by atoms with Crippen LogP contribution in [-0.4, -0.2) is 19.3 Å². The molecule has 1 rings (SSSR count). The Balaban J connectivity index is 0.00000144. The average Bonchev–Trinajstić information content (AvgIpc) is 2.07. The summed E-state index contributed by atoms with van der Waals surface area (Å²) >= 11 is 0. The van der Waals surface area contributed by atoms with E-state index in [1.807, 2.05) is 0 Å². The molecule has 0 atom stereocenters. The van der Waals surface area contributed by atoms with Crippen molar-refractivity contribution in [2.75, 3.05) is 5.73 Å². The van der Waals surface area contributed by atoms with Gasteiger partial charge in [0.2, 0.25) is 11.8 Å². The van der Waals surface area contributed by atoms with E-state index in [0.29, 0.717) is 0 Å². The molecule has 0 fully saturated rings. The standard InChI is InChI=1S/C4H8N3O4P.W/c1-7-2-3(6-4(7)5)11-12(8,9)10;/h2H,1H3,(H2,5,6)(H2,8,9,10);. The number of imidazole rings is 1. The van der Waals surface area contributed by atoms with Crippen LogP contribution < -0.4 is 10.3 Å². The van der Waals surface area contributed by atoms with Gasteiger partial charge in [-0.3, -0.25) is 9.79 Å². The van der Waals surface area contributed by atoms with Gasteiger partial charge in [0.25, 0.3) is 0 Å². The first-order valence-electron chi connectivity index (χ1n) is 2.92. The molecule has 0 amide bonds. The van der Waals surface area contributed by atoms with Crippen LogP contribution in [0.15, 0.2) is 6.20 Å². The molecule has 1 aromatic heterocycles. The van der Waals surface area contributed by atoms with E-state index in [1.165, 1.54) is 10.8 Å². The smallest absolute Gasteiger partial charge is 0.384 e. The van der Waals surface area contributed by atoms with E-state index in [9.17, 15) is 4.57 Å². The number of hydrogen-bond acceptors (Lipinski definition) is 4. The Hall–Kier alpha value is -0.352. The summed E-state index contributed by atoms with van der Waals surface area (Å²) in [5.41, 5.74) is 5.28. The maximum atomic E-state index is 10.3. The van der Waals surface area contributed by atoms with Gasteiger partial charge in [-0.15, -0.1) is 0 Å². The zero-order chi connectivity index (χ0) is 9.35. The Morgan fingerprint density at radius 2 is 2.23 bits per heavy atom. The molecule has 0 spiro atoms. The van der Waals surface area contributed by atoms with Crippen LogP contribution in [0.4, 0.5) is 5.95 Å². The van der Waals surface area contributed by atoms with Gasteiger partial charge in [-0.1, -0.05) is 0 Å². The van der Waals surface area contributed by atoms with Crippen LogP contribution in [0.3, 0.4) is 0 Å². The first kappa shape index (κ1) is 12.6. The van der Waals surface area contributed by atoms with Crippen molar-refractivity contribution in [1.82, 2.24) is 9.55 Å². The molecule has 74 valence electrons. The van der Waals surface area contributed by atoms with Crippen LogP contribution >= 0.6 is 7.82 Å². The van der Waals surface area contributed by atoms with Gasteiger partial charge in [0.1, 0.15) is 0 Å². The van der Waals surface area contributed by atoms with E-state index in [1.54, 1.807) is 7.05 Å². The summed E-state index contributed by atoms with van der Waals surface area (Å²) in [5, 5.41) is 0. The summed E-state index contributed by atoms with van der Waals surface area (Å²) in [6, 6.07) is 0. The largest absolute Gasteiger partial charge is 0.526 e. The quantitative estimate of drug-likeness (QED) is 0.598. The maximum absolute atomic E-state index is 10.3. The van der Waals surface area contributed by atoms with Crippen molar-refractivity contribution in [3.63, 3.8) is 0 Å². The number of aryl methyl sites for hydroxylation is 1. The summed E-state index contributed by atoms with van der Waals surface area (Å²) < 4.78 is 15.8. The third-order valence-electron chi connectivity index (χ3n) is 1.10. The molecule has 4 N–H and O–H groups in total. The first-order valence-corrected chi connectivity index (χ1v) is 4.45. The van der Waals surface area contributed by atoms with Gasteiger partial charge in [-0.05, 0) is 0 Å². The van der Waals surface area contributed by atoms with Gasteiger partial charge in [0.15, 0.2) is 0 Å². The zero-order valence-corrected chi connectivity index (χ0v) is 10.4. The van der Waals surface area contributed by atoms with Crippen molar-refractivity contribution in [3.8, 4) is 5.88 Å². The van der Waals surface area contributed by atoms with Gasteiger partial charge in [-0.2, -0.15) is 4.98 Å². The van der Waals surface area contributed by atoms with Gasteiger partial charge in [-0.25, -0.2) is 4.57 Å². The Morgan fingerprint density at radius 1 is 1.69 bits per heavy atom. The fraction of sp³-hybridized carbons (Fsp3) is 0.250. The molecular formula is C4H8N3O4PW. The molecule has 0 aliphatic carbocycles. The molecule has 13 heavy (non-hydrogen) atoms. The van der Waals surface area contributed by atoms with Crippen molar-refractivity contribution in [3.05, 3.63) is 6.20 Å². The number of rotatable bonds is 2. The fourth-order valence-electron chi connectivity index (χ4n) is 0.618. The molecule has 1 aromatic rings. The number of nitrogens with two attached hydrogens (primary N) is 1. The molecule has 0 aliphatic rings. The zero-order valence-electron chi connectivity index (χ0n) is 6.62. The monoisotopic (exact) mass is 377 g/mol. The number of nitrogens with zero attached hydrogens (tertiary/aromatic N) is 2. The molecular weight excluding hydrogens is 369 g/mol. The van der Waals surface area contributed by atoms with E-state index in [2.05, 4.69) is 9.51 Å². The topological polar surface area (TPSA) is 111 Å². The van der Waals surface area contributed by atoms with Crippen LogP contribution in [0.5, 0.6) is 5.88 Å².